The van der Waals surface area contributed by atoms with E-state index in [-0.39, 0.29) is 28.0 Å². The zero-order valence-corrected chi connectivity index (χ0v) is 15.3. The Kier molecular flexibility index (Phi) is 4.82. The fourth-order valence-corrected chi connectivity index (χ4v) is 4.27. The number of rotatable bonds is 4. The second kappa shape index (κ2) is 6.91. The zero-order chi connectivity index (χ0) is 19.0. The van der Waals surface area contributed by atoms with Crippen molar-refractivity contribution < 1.29 is 19.2 Å². The summed E-state index contributed by atoms with van der Waals surface area (Å²) in [5.41, 5.74) is 0.626. The number of hydrogen-bond acceptors (Lipinski definition) is 7. The average molecular weight is 375 g/mol. The summed E-state index contributed by atoms with van der Waals surface area (Å²) in [5, 5.41) is 11.6. The number of carbonyl (C=O) groups is 2. The van der Waals surface area contributed by atoms with Crippen LogP contribution in [0.4, 0.5) is 5.69 Å². The molecule has 0 spiro atoms. The molecule has 9 heteroatoms. The second-order valence-electron chi connectivity index (χ2n) is 5.83. The molecule has 136 valence electrons. The highest BCUT2D eigenvalue weighted by molar-refractivity contribution is 8.15. The highest BCUT2D eigenvalue weighted by Gasteiger charge is 2.48. The van der Waals surface area contributed by atoms with Crippen molar-refractivity contribution in [2.75, 3.05) is 7.11 Å². The SMILES string of the molecule is CC[C@H]1SC2=NC(C)=C(C(=O)OC)[C@H](c3ccccc3[N+](=O)[O-])N2C1=O. The van der Waals surface area contributed by atoms with Crippen molar-refractivity contribution >= 4 is 34.5 Å². The van der Waals surface area contributed by atoms with Gasteiger partial charge in [0.1, 0.15) is 6.04 Å². The first kappa shape index (κ1) is 18.1. The Labute approximate surface area is 154 Å². The molecule has 0 saturated carbocycles. The molecule has 1 aromatic carbocycles. The van der Waals surface area contributed by atoms with E-state index in [9.17, 15) is 19.7 Å². The topological polar surface area (TPSA) is 102 Å². The Balaban J connectivity index is 2.24. The minimum atomic E-state index is -0.937. The predicted octanol–water partition coefficient (Wildman–Crippen LogP) is 2.81. The molecule has 1 fully saturated rings. The van der Waals surface area contributed by atoms with E-state index in [0.717, 1.165) is 0 Å². The van der Waals surface area contributed by atoms with E-state index in [1.807, 2.05) is 6.92 Å². The Hall–Kier alpha value is -2.68. The van der Waals surface area contributed by atoms with Gasteiger partial charge in [-0.2, -0.15) is 0 Å². The summed E-state index contributed by atoms with van der Waals surface area (Å²) < 4.78 is 4.87. The molecule has 1 saturated heterocycles. The third kappa shape index (κ3) is 2.78. The maximum Gasteiger partial charge on any atom is 0.338 e. The molecule has 8 nitrogen and oxygen atoms in total. The molecule has 26 heavy (non-hydrogen) atoms. The molecule has 1 amide bonds. The van der Waals surface area contributed by atoms with Gasteiger partial charge >= 0.3 is 5.97 Å². The number of nitro benzene ring substituents is 1. The molecule has 3 rings (SSSR count). The number of esters is 1. The number of nitrogens with zero attached hydrogens (tertiary/aromatic N) is 3. The van der Waals surface area contributed by atoms with Gasteiger partial charge < -0.3 is 4.74 Å². The van der Waals surface area contributed by atoms with Gasteiger partial charge in [-0.05, 0) is 19.4 Å². The van der Waals surface area contributed by atoms with Gasteiger partial charge in [0.25, 0.3) is 5.69 Å². The summed E-state index contributed by atoms with van der Waals surface area (Å²) in [6.07, 6.45) is 0.592. The summed E-state index contributed by atoms with van der Waals surface area (Å²) in [4.78, 5) is 42.1. The summed E-state index contributed by atoms with van der Waals surface area (Å²) >= 11 is 1.31. The number of para-hydroxylation sites is 1. The number of amides is 1. The summed E-state index contributed by atoms with van der Waals surface area (Å²) in [6, 6.07) is 5.16. The molecule has 0 unspecified atom stereocenters. The number of thioether (sulfide) groups is 1. The minimum Gasteiger partial charge on any atom is -0.466 e. The fourth-order valence-electron chi connectivity index (χ4n) is 3.14. The summed E-state index contributed by atoms with van der Waals surface area (Å²) in [7, 11) is 1.23. The van der Waals surface area contributed by atoms with Gasteiger partial charge in [0.15, 0.2) is 5.17 Å². The Morgan fingerprint density at radius 2 is 2.12 bits per heavy atom. The van der Waals surface area contributed by atoms with Gasteiger partial charge in [-0.25, -0.2) is 9.79 Å². The number of benzene rings is 1. The first-order chi connectivity index (χ1) is 12.4. The molecule has 0 aromatic heterocycles. The van der Waals surface area contributed by atoms with Crippen molar-refractivity contribution in [2.45, 2.75) is 31.6 Å². The van der Waals surface area contributed by atoms with Crippen molar-refractivity contribution in [2.24, 2.45) is 4.99 Å². The Morgan fingerprint density at radius 1 is 1.42 bits per heavy atom. The van der Waals surface area contributed by atoms with Crippen molar-refractivity contribution in [1.29, 1.82) is 0 Å². The number of carbonyl (C=O) groups excluding carboxylic acids is 2. The average Bonchev–Trinajstić information content (AvgIpc) is 2.95. The molecule has 1 aromatic rings. The number of fused-ring (bicyclic) bond motifs is 1. The van der Waals surface area contributed by atoms with Crippen molar-refractivity contribution in [3.05, 3.63) is 51.2 Å². The minimum absolute atomic E-state index is 0.135. The van der Waals surface area contributed by atoms with Gasteiger partial charge in [0.05, 0.1) is 34.1 Å². The van der Waals surface area contributed by atoms with Gasteiger partial charge in [0.2, 0.25) is 5.91 Å². The Bertz CT molecular complexity index is 864. The van der Waals surface area contributed by atoms with E-state index in [0.29, 0.717) is 17.3 Å². The van der Waals surface area contributed by atoms with Crippen LogP contribution in [0, 0.1) is 10.1 Å². The van der Waals surface area contributed by atoms with Crippen LogP contribution in [-0.2, 0) is 14.3 Å². The van der Waals surface area contributed by atoms with E-state index < -0.39 is 16.9 Å². The first-order valence-corrected chi connectivity index (χ1v) is 8.89. The number of allylic oxidation sites excluding steroid dienone is 1. The van der Waals surface area contributed by atoms with E-state index in [2.05, 4.69) is 4.99 Å². The van der Waals surface area contributed by atoms with E-state index in [1.54, 1.807) is 25.1 Å². The standard InChI is InChI=1S/C17H17N3O5S/c1-4-12-15(21)19-14(10-7-5-6-8-11(10)20(23)24)13(16(22)25-3)9(2)18-17(19)26-12/h5-8,12,14H,4H2,1-3H3/t12-,14+/m1/s1. The third-order valence-electron chi connectivity index (χ3n) is 4.36. The van der Waals surface area contributed by atoms with Crippen LogP contribution < -0.4 is 0 Å². The monoisotopic (exact) mass is 375 g/mol. The van der Waals surface area contributed by atoms with Gasteiger partial charge in [-0.3, -0.25) is 19.8 Å². The normalized spacial score (nSPS) is 22.2. The van der Waals surface area contributed by atoms with Crippen LogP contribution in [0.25, 0.3) is 0 Å². The Morgan fingerprint density at radius 3 is 2.73 bits per heavy atom. The van der Waals surface area contributed by atoms with Crippen LogP contribution in [0.2, 0.25) is 0 Å². The van der Waals surface area contributed by atoms with Crippen LogP contribution in [0.5, 0.6) is 0 Å². The lowest BCUT2D eigenvalue weighted by atomic mass is 9.93. The quantitative estimate of drug-likeness (QED) is 0.455. The summed E-state index contributed by atoms with van der Waals surface area (Å²) in [5.74, 6) is -0.875. The lowest BCUT2D eigenvalue weighted by Gasteiger charge is -2.32. The molecule has 0 aliphatic carbocycles. The van der Waals surface area contributed by atoms with Crippen LogP contribution in [0.1, 0.15) is 31.9 Å². The largest absolute Gasteiger partial charge is 0.466 e. The van der Waals surface area contributed by atoms with Gasteiger partial charge in [-0.1, -0.05) is 30.8 Å². The van der Waals surface area contributed by atoms with Crippen molar-refractivity contribution in [3.63, 3.8) is 0 Å². The molecule has 2 heterocycles. The molecule has 2 aliphatic heterocycles. The van der Waals surface area contributed by atoms with Gasteiger partial charge in [-0.15, -0.1) is 0 Å². The smallest absolute Gasteiger partial charge is 0.338 e. The highest BCUT2D eigenvalue weighted by Crippen LogP contribution is 2.45. The van der Waals surface area contributed by atoms with Crippen molar-refractivity contribution in [1.82, 2.24) is 4.90 Å². The van der Waals surface area contributed by atoms with Gasteiger partial charge in [0, 0.05) is 6.07 Å². The number of amidine groups is 1. The molecular formula is C17H17N3O5S. The number of hydrogen-bond donors (Lipinski definition) is 0. The molecular weight excluding hydrogens is 358 g/mol. The van der Waals surface area contributed by atoms with E-state index in [1.165, 1.54) is 29.8 Å². The number of nitro groups is 1. The number of aliphatic imine (C=N–C) groups is 1. The van der Waals surface area contributed by atoms with E-state index in [4.69, 9.17) is 4.74 Å². The lowest BCUT2D eigenvalue weighted by molar-refractivity contribution is -0.385. The fraction of sp³-hybridized carbons (Fsp3) is 0.353. The molecule has 0 radical (unpaired) electrons. The number of methoxy groups -OCH3 is 1. The third-order valence-corrected chi connectivity index (χ3v) is 5.67. The van der Waals surface area contributed by atoms with Crippen LogP contribution >= 0.6 is 11.8 Å². The molecule has 2 atom stereocenters. The van der Waals surface area contributed by atoms with Crippen LogP contribution in [-0.4, -0.2) is 39.2 Å². The van der Waals surface area contributed by atoms with Crippen molar-refractivity contribution in [3.8, 4) is 0 Å². The molecule has 0 bridgehead atoms. The maximum absolute atomic E-state index is 12.9. The second-order valence-corrected chi connectivity index (χ2v) is 7.00. The molecule has 2 aliphatic rings. The van der Waals surface area contributed by atoms with Crippen LogP contribution in [0.3, 0.4) is 0 Å². The van der Waals surface area contributed by atoms with Crippen LogP contribution in [0.15, 0.2) is 40.5 Å². The predicted molar refractivity (Wildman–Crippen MR) is 96.5 cm³/mol. The number of ether oxygens (including phenoxy) is 1. The zero-order valence-electron chi connectivity index (χ0n) is 14.5. The summed E-state index contributed by atoms with van der Waals surface area (Å²) in [6.45, 7) is 3.53. The molecule has 0 N–H and O–H groups in total. The van der Waals surface area contributed by atoms with E-state index >= 15 is 0 Å². The first-order valence-electron chi connectivity index (χ1n) is 8.01. The lowest BCUT2D eigenvalue weighted by Crippen LogP contribution is -2.41. The highest BCUT2D eigenvalue weighted by atomic mass is 32.2. The maximum atomic E-state index is 12.9.